The molecule has 1 aromatic heterocycles. The summed E-state index contributed by atoms with van der Waals surface area (Å²) in [6, 6.07) is 2.68. The third kappa shape index (κ3) is 3.09. The van der Waals surface area contributed by atoms with E-state index < -0.39 is 33.0 Å². The Morgan fingerprint density at radius 2 is 2.11 bits per heavy atom. The molecule has 0 aliphatic heterocycles. The molecule has 0 aliphatic carbocycles. The van der Waals surface area contributed by atoms with Crippen LogP contribution < -0.4 is 4.72 Å². The van der Waals surface area contributed by atoms with Crippen LogP contribution in [0.4, 0.5) is 0 Å². The number of aliphatic carboxylic acids is 1. The molecular weight excluding hydrogens is 260 g/mol. The Hall–Kier alpha value is -1.85. The number of carbonyl (C=O) groups is 1. The lowest BCUT2D eigenvalue weighted by Crippen LogP contribution is -2.44. The zero-order chi connectivity index (χ0) is 13.9. The largest absolute Gasteiger partial charge is 0.480 e. The molecule has 0 saturated heterocycles. The maximum Gasteiger partial charge on any atom is 0.322 e. The predicted octanol–water partition coefficient (Wildman–Crippen LogP) is 0.539. The molecule has 18 heavy (non-hydrogen) atoms. The third-order valence-electron chi connectivity index (χ3n) is 2.17. The monoisotopic (exact) mass is 272 g/mol. The lowest BCUT2D eigenvalue weighted by atomic mass is 10.1. The van der Waals surface area contributed by atoms with E-state index in [1.165, 1.54) is 6.07 Å². The van der Waals surface area contributed by atoms with Crippen molar-refractivity contribution in [2.24, 2.45) is 5.92 Å². The zero-order valence-corrected chi connectivity index (χ0v) is 10.6. The number of hydrogen-bond acceptors (Lipinski definition) is 5. The zero-order valence-electron chi connectivity index (χ0n) is 9.75. The Labute approximate surface area is 104 Å². The molecule has 1 aromatic rings. The average Bonchev–Trinajstić information content (AvgIpc) is 2.74. The highest BCUT2D eigenvalue weighted by Gasteiger charge is 2.29. The lowest BCUT2D eigenvalue weighted by Gasteiger charge is -2.16. The van der Waals surface area contributed by atoms with Crippen LogP contribution in [0.15, 0.2) is 21.6 Å². The molecule has 0 spiro atoms. The van der Waals surface area contributed by atoms with Crippen LogP contribution in [-0.2, 0) is 14.8 Å². The van der Waals surface area contributed by atoms with Gasteiger partial charge < -0.3 is 9.52 Å². The van der Waals surface area contributed by atoms with Crippen LogP contribution in [0.5, 0.6) is 0 Å². The van der Waals surface area contributed by atoms with Gasteiger partial charge >= 0.3 is 5.97 Å². The van der Waals surface area contributed by atoms with E-state index in [4.69, 9.17) is 14.8 Å². The Balaban J connectivity index is 3.01. The topological polar surface area (TPSA) is 120 Å². The second-order valence-electron chi connectivity index (χ2n) is 3.91. The minimum atomic E-state index is -4.09. The van der Waals surface area contributed by atoms with Gasteiger partial charge in [-0.2, -0.15) is 9.98 Å². The maximum atomic E-state index is 11.8. The van der Waals surface area contributed by atoms with Crippen molar-refractivity contribution in [1.82, 2.24) is 4.72 Å². The summed E-state index contributed by atoms with van der Waals surface area (Å²) in [5.74, 6) is -1.87. The van der Waals surface area contributed by atoms with Crippen LogP contribution in [0.1, 0.15) is 19.6 Å². The molecule has 0 bridgehead atoms. The first-order chi connectivity index (χ1) is 8.27. The van der Waals surface area contributed by atoms with E-state index in [-0.39, 0.29) is 5.76 Å². The highest BCUT2D eigenvalue weighted by molar-refractivity contribution is 7.89. The molecule has 0 aromatic carbocycles. The maximum absolute atomic E-state index is 11.8. The van der Waals surface area contributed by atoms with Gasteiger partial charge in [0.2, 0.25) is 10.9 Å². The normalized spacial score (nSPS) is 13.2. The quantitative estimate of drug-likeness (QED) is 0.807. The number of furan rings is 1. The van der Waals surface area contributed by atoms with Gasteiger partial charge in [-0.15, -0.1) is 0 Å². The molecule has 8 heteroatoms. The number of nitrogens with zero attached hydrogens (tertiary/aromatic N) is 1. The summed E-state index contributed by atoms with van der Waals surface area (Å²) in [5.41, 5.74) is 0. The molecule has 0 radical (unpaired) electrons. The Bertz CT molecular complexity index is 582. The van der Waals surface area contributed by atoms with Gasteiger partial charge in [0.05, 0.1) is 0 Å². The SMILES string of the molecule is CC(C)[C@@H](NS(=O)(=O)c1ccc(C#N)o1)C(=O)O. The number of nitriles is 1. The van der Waals surface area contributed by atoms with Gasteiger partial charge in [0, 0.05) is 0 Å². The first-order valence-corrected chi connectivity index (χ1v) is 6.51. The van der Waals surface area contributed by atoms with Crippen molar-refractivity contribution >= 4 is 16.0 Å². The summed E-state index contributed by atoms with van der Waals surface area (Å²) < 4.78 is 30.4. The predicted molar refractivity (Wildman–Crippen MR) is 60.0 cm³/mol. The fourth-order valence-corrected chi connectivity index (χ4v) is 2.49. The van der Waals surface area contributed by atoms with E-state index >= 15 is 0 Å². The molecule has 0 aliphatic rings. The Kier molecular flexibility index (Phi) is 4.11. The van der Waals surface area contributed by atoms with Crippen molar-refractivity contribution in [1.29, 1.82) is 5.26 Å². The molecular formula is C10H12N2O5S. The van der Waals surface area contributed by atoms with Crippen molar-refractivity contribution in [3.05, 3.63) is 17.9 Å². The highest BCUT2D eigenvalue weighted by Crippen LogP contribution is 2.15. The van der Waals surface area contributed by atoms with E-state index in [1.54, 1.807) is 19.9 Å². The van der Waals surface area contributed by atoms with E-state index in [9.17, 15) is 13.2 Å². The van der Waals surface area contributed by atoms with Crippen molar-refractivity contribution in [3.63, 3.8) is 0 Å². The van der Waals surface area contributed by atoms with Gasteiger partial charge in [0.25, 0.3) is 10.0 Å². The Morgan fingerprint density at radius 3 is 2.50 bits per heavy atom. The van der Waals surface area contributed by atoms with Gasteiger partial charge in [-0.05, 0) is 18.1 Å². The van der Waals surface area contributed by atoms with Crippen LogP contribution >= 0.6 is 0 Å². The number of carboxylic acid groups (broad SMARTS) is 1. The molecule has 7 nitrogen and oxygen atoms in total. The number of sulfonamides is 1. The molecule has 0 fully saturated rings. The fraction of sp³-hybridized carbons (Fsp3) is 0.400. The Morgan fingerprint density at radius 1 is 1.50 bits per heavy atom. The van der Waals surface area contributed by atoms with Gasteiger partial charge in [-0.3, -0.25) is 4.79 Å². The van der Waals surface area contributed by atoms with Crippen LogP contribution in [0.2, 0.25) is 0 Å². The summed E-state index contributed by atoms with van der Waals surface area (Å²) in [7, 11) is -4.09. The first-order valence-electron chi connectivity index (χ1n) is 5.03. The number of nitrogens with one attached hydrogen (secondary N) is 1. The highest BCUT2D eigenvalue weighted by atomic mass is 32.2. The molecule has 1 rings (SSSR count). The average molecular weight is 272 g/mol. The summed E-state index contributed by atoms with van der Waals surface area (Å²) in [5, 5.41) is 16.9. The summed E-state index contributed by atoms with van der Waals surface area (Å²) >= 11 is 0. The van der Waals surface area contributed by atoms with E-state index in [2.05, 4.69) is 0 Å². The molecule has 2 N–H and O–H groups in total. The molecule has 0 amide bonds. The van der Waals surface area contributed by atoms with Crippen LogP contribution in [0, 0.1) is 17.2 Å². The van der Waals surface area contributed by atoms with Crippen molar-refractivity contribution in [2.75, 3.05) is 0 Å². The summed E-state index contributed by atoms with van der Waals surface area (Å²) in [6.07, 6.45) is 0. The standard InChI is InChI=1S/C10H12N2O5S/c1-6(2)9(10(13)14)12-18(15,16)8-4-3-7(5-11)17-8/h3-4,6,9,12H,1-2H3,(H,13,14)/t9-/m1/s1. The van der Waals surface area contributed by atoms with Crippen LogP contribution in [-0.4, -0.2) is 25.5 Å². The smallest absolute Gasteiger partial charge is 0.322 e. The second kappa shape index (κ2) is 5.20. The van der Waals surface area contributed by atoms with Crippen LogP contribution in [0.25, 0.3) is 0 Å². The van der Waals surface area contributed by atoms with E-state index in [0.29, 0.717) is 0 Å². The second-order valence-corrected chi connectivity index (χ2v) is 5.56. The number of rotatable bonds is 5. The molecule has 0 saturated carbocycles. The van der Waals surface area contributed by atoms with Gasteiger partial charge in [0.15, 0.2) is 0 Å². The van der Waals surface area contributed by atoms with Crippen molar-refractivity contribution in [2.45, 2.75) is 25.0 Å². The lowest BCUT2D eigenvalue weighted by molar-refractivity contribution is -0.140. The molecule has 1 atom stereocenters. The summed E-state index contributed by atoms with van der Waals surface area (Å²) in [4.78, 5) is 10.9. The molecule has 0 unspecified atom stereocenters. The van der Waals surface area contributed by atoms with Gasteiger partial charge in [-0.25, -0.2) is 8.42 Å². The third-order valence-corrected chi connectivity index (χ3v) is 3.48. The van der Waals surface area contributed by atoms with Crippen molar-refractivity contribution < 1.29 is 22.7 Å². The van der Waals surface area contributed by atoms with Crippen molar-refractivity contribution in [3.8, 4) is 6.07 Å². The van der Waals surface area contributed by atoms with E-state index in [0.717, 1.165) is 6.07 Å². The van der Waals surface area contributed by atoms with Gasteiger partial charge in [-0.1, -0.05) is 13.8 Å². The van der Waals surface area contributed by atoms with Gasteiger partial charge in [0.1, 0.15) is 12.1 Å². The van der Waals surface area contributed by atoms with E-state index in [1.807, 2.05) is 4.72 Å². The first kappa shape index (κ1) is 14.2. The fourth-order valence-electron chi connectivity index (χ4n) is 1.22. The number of carboxylic acids is 1. The minimum absolute atomic E-state index is 0.160. The minimum Gasteiger partial charge on any atom is -0.480 e. The number of hydrogen-bond donors (Lipinski definition) is 2. The van der Waals surface area contributed by atoms with Crippen LogP contribution in [0.3, 0.4) is 0 Å². The summed E-state index contributed by atoms with van der Waals surface area (Å²) in [6.45, 7) is 3.15. The molecule has 98 valence electrons. The molecule has 1 heterocycles.